The highest BCUT2D eigenvalue weighted by atomic mass is 16.3. The van der Waals surface area contributed by atoms with Gasteiger partial charge >= 0.3 is 0 Å². The van der Waals surface area contributed by atoms with E-state index in [9.17, 15) is 10.2 Å². The van der Waals surface area contributed by atoms with Crippen LogP contribution in [0.4, 0.5) is 0 Å². The summed E-state index contributed by atoms with van der Waals surface area (Å²) < 4.78 is 1.92. The van der Waals surface area contributed by atoms with Gasteiger partial charge in [-0.1, -0.05) is 6.07 Å². The first-order chi connectivity index (χ1) is 8.66. The summed E-state index contributed by atoms with van der Waals surface area (Å²) in [5.41, 5.74) is 3.40. The zero-order valence-corrected chi connectivity index (χ0v) is 9.83. The maximum Gasteiger partial charge on any atom is 0.137 e. The zero-order valence-electron chi connectivity index (χ0n) is 9.83. The highest BCUT2D eigenvalue weighted by Crippen LogP contribution is 2.34. The van der Waals surface area contributed by atoms with Crippen LogP contribution in [0.1, 0.15) is 5.56 Å². The molecule has 18 heavy (non-hydrogen) atoms. The number of nitrogens with zero attached hydrogens (tertiary/aromatic N) is 2. The third-order valence-corrected chi connectivity index (χ3v) is 3.00. The molecule has 4 heteroatoms. The lowest BCUT2D eigenvalue weighted by Gasteiger charge is -2.11. The number of rotatable bonds is 1. The number of aromatic nitrogens is 2. The first-order valence-electron chi connectivity index (χ1n) is 5.62. The second-order valence-electron chi connectivity index (χ2n) is 4.22. The van der Waals surface area contributed by atoms with Gasteiger partial charge in [0.05, 0.1) is 5.69 Å². The molecule has 0 aliphatic rings. The summed E-state index contributed by atoms with van der Waals surface area (Å²) in [5, 5.41) is 19.3. The average molecular weight is 240 g/mol. The molecule has 4 nitrogen and oxygen atoms in total. The minimum Gasteiger partial charge on any atom is -0.508 e. The topological polar surface area (TPSA) is 57.8 Å². The van der Waals surface area contributed by atoms with Gasteiger partial charge in [-0.25, -0.2) is 4.98 Å². The lowest BCUT2D eigenvalue weighted by atomic mass is 10.1. The van der Waals surface area contributed by atoms with E-state index in [1.165, 1.54) is 6.07 Å². The average Bonchev–Trinajstić information content (AvgIpc) is 2.79. The van der Waals surface area contributed by atoms with E-state index in [-0.39, 0.29) is 11.5 Å². The number of phenols is 2. The van der Waals surface area contributed by atoms with Crippen LogP contribution in [0.15, 0.2) is 42.7 Å². The highest BCUT2D eigenvalue weighted by molar-refractivity contribution is 5.73. The van der Waals surface area contributed by atoms with Crippen LogP contribution in [0.2, 0.25) is 0 Å². The van der Waals surface area contributed by atoms with Crippen LogP contribution in [0.5, 0.6) is 11.5 Å². The second kappa shape index (κ2) is 3.77. The van der Waals surface area contributed by atoms with Crippen molar-refractivity contribution >= 4 is 5.65 Å². The number of pyridine rings is 1. The van der Waals surface area contributed by atoms with Crippen molar-refractivity contribution < 1.29 is 10.2 Å². The summed E-state index contributed by atoms with van der Waals surface area (Å²) in [4.78, 5) is 4.23. The van der Waals surface area contributed by atoms with Crippen molar-refractivity contribution in [3.05, 3.63) is 48.3 Å². The molecule has 2 N–H and O–H groups in total. The Kier molecular flexibility index (Phi) is 2.23. The third-order valence-electron chi connectivity index (χ3n) is 3.00. The van der Waals surface area contributed by atoms with Crippen molar-refractivity contribution in [2.45, 2.75) is 6.92 Å². The minimum atomic E-state index is 0.0479. The molecular formula is C14H12N2O2. The van der Waals surface area contributed by atoms with Crippen molar-refractivity contribution in [2.75, 3.05) is 0 Å². The molecule has 1 aromatic carbocycles. The molecule has 2 aromatic heterocycles. The predicted molar refractivity (Wildman–Crippen MR) is 68.7 cm³/mol. The Labute approximate surface area is 104 Å². The van der Waals surface area contributed by atoms with Crippen LogP contribution in [-0.2, 0) is 0 Å². The van der Waals surface area contributed by atoms with Gasteiger partial charge in [0.25, 0.3) is 0 Å². The smallest absolute Gasteiger partial charge is 0.137 e. The van der Waals surface area contributed by atoms with E-state index in [0.717, 1.165) is 16.9 Å². The Morgan fingerprint density at radius 2 is 1.94 bits per heavy atom. The van der Waals surface area contributed by atoms with Gasteiger partial charge in [-0.2, -0.15) is 0 Å². The van der Waals surface area contributed by atoms with Gasteiger partial charge in [0, 0.05) is 24.0 Å². The summed E-state index contributed by atoms with van der Waals surface area (Å²) in [5.74, 6) is 0.103. The van der Waals surface area contributed by atoms with Crippen LogP contribution < -0.4 is 0 Å². The fourth-order valence-corrected chi connectivity index (χ4v) is 2.16. The molecule has 0 bridgehead atoms. The van der Waals surface area contributed by atoms with Gasteiger partial charge in [-0.05, 0) is 30.7 Å². The molecule has 0 fully saturated rings. The van der Waals surface area contributed by atoms with E-state index in [1.54, 1.807) is 18.3 Å². The van der Waals surface area contributed by atoms with Crippen LogP contribution >= 0.6 is 0 Å². The number of benzene rings is 1. The number of hydrogen-bond acceptors (Lipinski definition) is 3. The molecule has 0 aliphatic heterocycles. The Bertz CT molecular complexity index is 732. The van der Waals surface area contributed by atoms with Gasteiger partial charge in [0.1, 0.15) is 17.1 Å². The molecular weight excluding hydrogens is 228 g/mol. The lowest BCUT2D eigenvalue weighted by Crippen LogP contribution is -1.94. The fourth-order valence-electron chi connectivity index (χ4n) is 2.16. The number of phenolic OH excluding ortho intramolecular Hbond substituents is 2. The first kappa shape index (κ1) is 10.7. The maximum atomic E-state index is 9.97. The van der Waals surface area contributed by atoms with Crippen molar-refractivity contribution in [1.29, 1.82) is 0 Å². The fraction of sp³-hybridized carbons (Fsp3) is 0.0714. The third kappa shape index (κ3) is 1.50. The molecule has 0 saturated carbocycles. The van der Waals surface area contributed by atoms with Crippen molar-refractivity contribution in [3.63, 3.8) is 0 Å². The van der Waals surface area contributed by atoms with Crippen molar-refractivity contribution in [2.24, 2.45) is 0 Å². The maximum absolute atomic E-state index is 9.97. The Morgan fingerprint density at radius 1 is 1.11 bits per heavy atom. The molecule has 0 spiro atoms. The Balaban J connectivity index is 2.36. The van der Waals surface area contributed by atoms with Gasteiger partial charge in [-0.15, -0.1) is 0 Å². The quantitative estimate of drug-likeness (QED) is 0.687. The zero-order chi connectivity index (χ0) is 12.7. The summed E-state index contributed by atoms with van der Waals surface area (Å²) in [7, 11) is 0. The summed E-state index contributed by atoms with van der Waals surface area (Å²) in [6.45, 7) is 1.97. The monoisotopic (exact) mass is 240 g/mol. The van der Waals surface area contributed by atoms with Crippen LogP contribution in [0, 0.1) is 6.92 Å². The number of fused-ring (bicyclic) bond motifs is 1. The molecule has 0 saturated heterocycles. The highest BCUT2D eigenvalue weighted by Gasteiger charge is 2.11. The molecule has 0 radical (unpaired) electrons. The van der Waals surface area contributed by atoms with E-state index >= 15 is 0 Å². The number of aromatic hydroxyl groups is 2. The number of imidazole rings is 1. The summed E-state index contributed by atoms with van der Waals surface area (Å²) in [6.07, 6.45) is 3.57. The standard InChI is InChI=1S/C14H12N2O2/c1-9-2-5-13-15-6-7-16(13)14(9)11-4-3-10(17)8-12(11)18/h2-8,17-18H,1H3. The lowest BCUT2D eigenvalue weighted by molar-refractivity contribution is 0.451. The predicted octanol–water partition coefficient (Wildman–Crippen LogP) is 2.72. The van der Waals surface area contributed by atoms with Crippen molar-refractivity contribution in [3.8, 4) is 22.8 Å². The van der Waals surface area contributed by atoms with E-state index in [4.69, 9.17) is 0 Å². The van der Waals surface area contributed by atoms with E-state index in [2.05, 4.69) is 4.98 Å². The number of aryl methyl sites for hydroxylation is 1. The molecule has 90 valence electrons. The molecule has 0 amide bonds. The number of hydrogen-bond donors (Lipinski definition) is 2. The Hall–Kier alpha value is -2.49. The largest absolute Gasteiger partial charge is 0.508 e. The molecule has 3 aromatic rings. The first-order valence-corrected chi connectivity index (χ1v) is 5.62. The normalized spacial score (nSPS) is 10.9. The van der Waals surface area contributed by atoms with Gasteiger partial charge in [-0.3, -0.25) is 4.40 Å². The van der Waals surface area contributed by atoms with Gasteiger partial charge < -0.3 is 10.2 Å². The SMILES string of the molecule is Cc1ccc2nccn2c1-c1ccc(O)cc1O. The van der Waals surface area contributed by atoms with Crippen LogP contribution in [0.3, 0.4) is 0 Å². The van der Waals surface area contributed by atoms with Gasteiger partial charge in [0.15, 0.2) is 0 Å². The molecule has 2 heterocycles. The molecule has 0 atom stereocenters. The van der Waals surface area contributed by atoms with E-state index in [1.807, 2.05) is 29.7 Å². The Morgan fingerprint density at radius 3 is 2.72 bits per heavy atom. The summed E-state index contributed by atoms with van der Waals surface area (Å²) in [6, 6.07) is 8.49. The van der Waals surface area contributed by atoms with Crippen molar-refractivity contribution in [1.82, 2.24) is 9.38 Å². The molecule has 0 aliphatic carbocycles. The van der Waals surface area contributed by atoms with E-state index in [0.29, 0.717) is 5.56 Å². The second-order valence-corrected chi connectivity index (χ2v) is 4.22. The van der Waals surface area contributed by atoms with E-state index < -0.39 is 0 Å². The summed E-state index contributed by atoms with van der Waals surface area (Å²) >= 11 is 0. The minimum absolute atomic E-state index is 0.0479. The molecule has 0 unspecified atom stereocenters. The van der Waals surface area contributed by atoms with Crippen LogP contribution in [0.25, 0.3) is 16.9 Å². The van der Waals surface area contributed by atoms with Gasteiger partial charge in [0.2, 0.25) is 0 Å². The van der Waals surface area contributed by atoms with Crippen LogP contribution in [-0.4, -0.2) is 19.6 Å². The molecule has 3 rings (SSSR count).